The summed E-state index contributed by atoms with van der Waals surface area (Å²) in [5, 5.41) is 19.1. The molecule has 2 rings (SSSR count). The van der Waals surface area contributed by atoms with E-state index in [9.17, 15) is 9.90 Å². The molecule has 2 heterocycles. The van der Waals surface area contributed by atoms with Crippen molar-refractivity contribution in [3.05, 3.63) is 23.7 Å². The zero-order chi connectivity index (χ0) is 11.1. The van der Waals surface area contributed by atoms with Crippen LogP contribution in [0.4, 0.5) is 0 Å². The van der Waals surface area contributed by atoms with Crippen LogP contribution in [0.5, 0.6) is 0 Å². The van der Waals surface area contributed by atoms with Gasteiger partial charge in [-0.3, -0.25) is 0 Å². The molecule has 0 bridgehead atoms. The zero-order valence-electron chi connectivity index (χ0n) is 8.27. The molecule has 5 heteroatoms. The second-order valence-electron chi connectivity index (χ2n) is 3.66. The Kier molecular flexibility index (Phi) is 2.52. The van der Waals surface area contributed by atoms with E-state index in [1.807, 2.05) is 6.92 Å². The fraction of sp³-hybridized carbons (Fsp3) is 0.500. The number of carboxylic acids is 1. The van der Waals surface area contributed by atoms with Crippen LogP contribution < -0.4 is 0 Å². The fourth-order valence-electron chi connectivity index (χ4n) is 1.74. The summed E-state index contributed by atoms with van der Waals surface area (Å²) in [6.07, 6.45) is 0.603. The van der Waals surface area contributed by atoms with Crippen LogP contribution in [0.15, 0.2) is 16.5 Å². The lowest BCUT2D eigenvalue weighted by Gasteiger charge is -2.23. The fourth-order valence-corrected chi connectivity index (χ4v) is 3.03. The standard InChI is InChI=1S/C10H12O4S/c1-6-10(13,4-5-15-6)8-3-2-7(14-8)9(11)12/h2-3,6,13H,4-5H2,1H3,(H,11,12). The minimum atomic E-state index is -1.11. The molecule has 0 aromatic carbocycles. The molecular weight excluding hydrogens is 216 g/mol. The summed E-state index contributed by atoms with van der Waals surface area (Å²) in [5.41, 5.74) is -1.02. The van der Waals surface area contributed by atoms with Crippen LogP contribution in [-0.2, 0) is 5.60 Å². The number of furan rings is 1. The van der Waals surface area contributed by atoms with Crippen molar-refractivity contribution >= 4 is 17.7 Å². The third-order valence-corrected chi connectivity index (χ3v) is 4.10. The molecule has 82 valence electrons. The zero-order valence-corrected chi connectivity index (χ0v) is 9.08. The third kappa shape index (κ3) is 1.66. The van der Waals surface area contributed by atoms with E-state index in [0.29, 0.717) is 12.2 Å². The summed E-state index contributed by atoms with van der Waals surface area (Å²) in [5.74, 6) is -0.0103. The van der Waals surface area contributed by atoms with Crippen LogP contribution >= 0.6 is 11.8 Å². The Bertz CT molecular complexity index is 387. The molecule has 2 atom stereocenters. The molecule has 1 fully saturated rings. The summed E-state index contributed by atoms with van der Waals surface area (Å²) in [7, 11) is 0. The van der Waals surface area contributed by atoms with Gasteiger partial charge in [-0.05, 0) is 24.3 Å². The summed E-state index contributed by atoms with van der Waals surface area (Å²) in [6, 6.07) is 2.93. The Morgan fingerprint density at radius 3 is 2.87 bits per heavy atom. The molecule has 1 aliphatic rings. The topological polar surface area (TPSA) is 70.7 Å². The van der Waals surface area contributed by atoms with Gasteiger partial charge < -0.3 is 14.6 Å². The van der Waals surface area contributed by atoms with Crippen LogP contribution in [-0.4, -0.2) is 27.2 Å². The summed E-state index contributed by atoms with van der Waals surface area (Å²) in [4.78, 5) is 10.6. The molecule has 0 radical (unpaired) electrons. The minimum Gasteiger partial charge on any atom is -0.475 e. The molecular formula is C10H12O4S. The Hall–Kier alpha value is -0.940. The summed E-state index contributed by atoms with van der Waals surface area (Å²) >= 11 is 1.66. The van der Waals surface area contributed by atoms with E-state index >= 15 is 0 Å². The first-order chi connectivity index (χ1) is 7.04. The van der Waals surface area contributed by atoms with Crippen LogP contribution in [0.1, 0.15) is 29.7 Å². The molecule has 0 aliphatic carbocycles. The summed E-state index contributed by atoms with van der Waals surface area (Å²) in [6.45, 7) is 1.92. The molecule has 1 aliphatic heterocycles. The first kappa shape index (κ1) is 10.6. The molecule has 1 aromatic rings. The number of carboxylic acid groups (broad SMARTS) is 1. The van der Waals surface area contributed by atoms with Crippen molar-refractivity contribution < 1.29 is 19.4 Å². The molecule has 0 amide bonds. The van der Waals surface area contributed by atoms with Crippen molar-refractivity contribution in [1.29, 1.82) is 0 Å². The molecule has 1 aromatic heterocycles. The monoisotopic (exact) mass is 228 g/mol. The molecule has 0 saturated carbocycles. The quantitative estimate of drug-likeness (QED) is 0.806. The van der Waals surface area contributed by atoms with Gasteiger partial charge in [0, 0.05) is 5.25 Å². The molecule has 2 unspecified atom stereocenters. The molecule has 4 nitrogen and oxygen atoms in total. The number of thioether (sulfide) groups is 1. The van der Waals surface area contributed by atoms with Gasteiger partial charge in [-0.25, -0.2) is 4.79 Å². The van der Waals surface area contributed by atoms with Gasteiger partial charge in [-0.2, -0.15) is 11.8 Å². The Balaban J connectivity index is 2.32. The molecule has 1 saturated heterocycles. The van der Waals surface area contributed by atoms with Crippen LogP contribution in [0.25, 0.3) is 0 Å². The number of carbonyl (C=O) groups is 1. The predicted octanol–water partition coefficient (Wildman–Crippen LogP) is 1.69. The number of aliphatic hydroxyl groups is 1. The van der Waals surface area contributed by atoms with Gasteiger partial charge in [-0.1, -0.05) is 6.92 Å². The lowest BCUT2D eigenvalue weighted by atomic mass is 9.94. The van der Waals surface area contributed by atoms with Crippen molar-refractivity contribution in [1.82, 2.24) is 0 Å². The van der Waals surface area contributed by atoms with Gasteiger partial charge in [0.2, 0.25) is 5.76 Å². The van der Waals surface area contributed by atoms with Gasteiger partial charge in [-0.15, -0.1) is 0 Å². The van der Waals surface area contributed by atoms with Crippen LogP contribution in [0, 0.1) is 0 Å². The maximum absolute atomic E-state index is 10.6. The van der Waals surface area contributed by atoms with Gasteiger partial charge in [0.25, 0.3) is 0 Å². The highest BCUT2D eigenvalue weighted by molar-refractivity contribution is 8.00. The number of rotatable bonds is 2. The van der Waals surface area contributed by atoms with E-state index in [1.54, 1.807) is 17.8 Å². The molecule has 15 heavy (non-hydrogen) atoms. The van der Waals surface area contributed by atoms with Gasteiger partial charge in [0.05, 0.1) is 0 Å². The highest BCUT2D eigenvalue weighted by Gasteiger charge is 2.43. The number of hydrogen-bond acceptors (Lipinski definition) is 4. The highest BCUT2D eigenvalue weighted by Crippen LogP contribution is 2.43. The second kappa shape index (κ2) is 3.57. The molecule has 2 N–H and O–H groups in total. The largest absolute Gasteiger partial charge is 0.475 e. The van der Waals surface area contributed by atoms with Crippen molar-refractivity contribution in [3.8, 4) is 0 Å². The van der Waals surface area contributed by atoms with Crippen molar-refractivity contribution in [2.75, 3.05) is 5.75 Å². The van der Waals surface area contributed by atoms with E-state index in [0.717, 1.165) is 5.75 Å². The molecule has 0 spiro atoms. The van der Waals surface area contributed by atoms with Crippen molar-refractivity contribution in [2.45, 2.75) is 24.2 Å². The van der Waals surface area contributed by atoms with E-state index in [2.05, 4.69) is 0 Å². The van der Waals surface area contributed by atoms with E-state index in [4.69, 9.17) is 9.52 Å². The number of aromatic carboxylic acids is 1. The van der Waals surface area contributed by atoms with Gasteiger partial charge >= 0.3 is 5.97 Å². The van der Waals surface area contributed by atoms with Crippen molar-refractivity contribution in [3.63, 3.8) is 0 Å². The van der Waals surface area contributed by atoms with E-state index < -0.39 is 11.6 Å². The maximum Gasteiger partial charge on any atom is 0.371 e. The SMILES string of the molecule is CC1SCCC1(O)c1ccc(C(=O)O)o1. The second-order valence-corrected chi connectivity index (χ2v) is 5.11. The van der Waals surface area contributed by atoms with Crippen LogP contribution in [0.2, 0.25) is 0 Å². The van der Waals surface area contributed by atoms with Crippen molar-refractivity contribution in [2.24, 2.45) is 0 Å². The third-order valence-electron chi connectivity index (χ3n) is 2.77. The normalized spacial score (nSPS) is 30.7. The lowest BCUT2D eigenvalue weighted by Crippen LogP contribution is -2.30. The Morgan fingerprint density at radius 2 is 2.40 bits per heavy atom. The average Bonchev–Trinajstić information content (AvgIpc) is 2.75. The maximum atomic E-state index is 10.6. The highest BCUT2D eigenvalue weighted by atomic mass is 32.2. The van der Waals surface area contributed by atoms with E-state index in [-0.39, 0.29) is 11.0 Å². The lowest BCUT2D eigenvalue weighted by molar-refractivity contribution is 0.0185. The van der Waals surface area contributed by atoms with E-state index in [1.165, 1.54) is 6.07 Å². The average molecular weight is 228 g/mol. The Morgan fingerprint density at radius 1 is 1.67 bits per heavy atom. The Labute approximate surface area is 91.3 Å². The first-order valence-corrected chi connectivity index (χ1v) is 5.76. The van der Waals surface area contributed by atoms with Crippen LogP contribution in [0.3, 0.4) is 0 Å². The minimum absolute atomic E-state index is 0.0327. The summed E-state index contributed by atoms with van der Waals surface area (Å²) < 4.78 is 5.14. The smallest absolute Gasteiger partial charge is 0.371 e. The predicted molar refractivity (Wildman–Crippen MR) is 56.1 cm³/mol. The van der Waals surface area contributed by atoms with Gasteiger partial charge in [0.15, 0.2) is 0 Å². The van der Waals surface area contributed by atoms with Gasteiger partial charge in [0.1, 0.15) is 11.4 Å². The number of hydrogen-bond donors (Lipinski definition) is 2. The first-order valence-electron chi connectivity index (χ1n) is 4.71.